The second kappa shape index (κ2) is 25.0. The number of nitrogens with one attached hydrogen (secondary N) is 1. The Bertz CT molecular complexity index is 3830. The molecule has 0 unspecified atom stereocenters. The minimum Gasteiger partial charge on any atom is -0.871 e. The van der Waals surface area contributed by atoms with Gasteiger partial charge in [0, 0.05) is 38.6 Å². The summed E-state index contributed by atoms with van der Waals surface area (Å²) in [7, 11) is -6.34. The van der Waals surface area contributed by atoms with Gasteiger partial charge >= 0.3 is 48.9 Å². The van der Waals surface area contributed by atoms with Crippen LogP contribution in [0, 0.1) is 0 Å². The smallest absolute Gasteiger partial charge is 0.871 e. The number of hydrogen-bond acceptors (Lipinski definition) is 15. The number of rotatable bonds is 14. The van der Waals surface area contributed by atoms with Gasteiger partial charge in [0.05, 0.1) is 31.2 Å². The number of nitrogens with zero attached hydrogens (tertiary/aromatic N) is 5. The van der Waals surface area contributed by atoms with Gasteiger partial charge in [-0.1, -0.05) is 103 Å². The molecule has 4 N–H and O–H groups in total. The van der Waals surface area contributed by atoms with Gasteiger partial charge in [-0.2, -0.15) is 21.9 Å². The Hall–Kier alpha value is -6.41. The van der Waals surface area contributed by atoms with Crippen LogP contribution in [0.25, 0.3) is 21.5 Å². The zero-order valence-electron chi connectivity index (χ0n) is 40.1. The van der Waals surface area contributed by atoms with E-state index in [1.807, 2.05) is 0 Å². The molecule has 0 atom stereocenters. The molecule has 0 radical (unpaired) electrons. The number of halogens is 2. The number of fused-ring (bicyclic) bond motifs is 2. The first-order chi connectivity index (χ1) is 35.3. The number of methoxy groups -OCH3 is 2. The largest absolute Gasteiger partial charge is 2.00 e. The number of carbonyl (C=O) groups is 1. The van der Waals surface area contributed by atoms with E-state index in [0.717, 1.165) is 12.1 Å². The van der Waals surface area contributed by atoms with E-state index in [4.69, 9.17) is 32.7 Å². The van der Waals surface area contributed by atoms with Crippen molar-refractivity contribution in [2.75, 3.05) is 19.5 Å². The van der Waals surface area contributed by atoms with Crippen molar-refractivity contribution in [2.45, 2.75) is 36.5 Å². The molecule has 0 aromatic heterocycles. The van der Waals surface area contributed by atoms with E-state index in [1.165, 1.54) is 38.5 Å². The van der Waals surface area contributed by atoms with E-state index >= 15 is 0 Å². The molecular formula is C52H42BaCl2N6O12S2. The number of anilines is 1. The van der Waals surface area contributed by atoms with Crippen LogP contribution in [0.1, 0.15) is 40.9 Å². The van der Waals surface area contributed by atoms with Crippen molar-refractivity contribution < 1.29 is 55.5 Å². The van der Waals surface area contributed by atoms with Gasteiger partial charge in [-0.05, 0) is 107 Å². The van der Waals surface area contributed by atoms with Crippen molar-refractivity contribution in [3.8, 4) is 23.0 Å². The average molecular weight is 1220 g/mol. The predicted octanol–water partition coefficient (Wildman–Crippen LogP) is 11.5. The molecule has 18 nitrogen and oxygen atoms in total. The number of benzene rings is 8. The van der Waals surface area contributed by atoms with Gasteiger partial charge in [0.1, 0.15) is 38.4 Å². The number of hydrogen-bond donors (Lipinski definition) is 4. The first-order valence-electron chi connectivity index (χ1n) is 22.0. The quantitative estimate of drug-likeness (QED) is 0.0260. The van der Waals surface area contributed by atoms with Crippen LogP contribution in [0.15, 0.2) is 169 Å². The number of aromatic hydroxyl groups is 1. The summed E-state index contributed by atoms with van der Waals surface area (Å²) in [6.07, 6.45) is 0.575. The summed E-state index contributed by atoms with van der Waals surface area (Å²) in [6, 6.07) is 34.7. The standard InChI is InChI=1S/2C26H22ClN3O6S.Ba/c2*1-3-18-21(27)11-12-22(37(33,34)35)23(18)29-30-24-19-10-5-4-7-15(19)13-20(25(24)31)26(32)28-16-8-6-9-17(14-16)36-2;/h2*4-14,31H,3H2,1-2H3,(H,28,32)(H,33,34,35);/q;;+2/p-2. The molecule has 8 aromatic carbocycles. The zero-order valence-corrected chi connectivity index (χ0v) is 47.7. The molecule has 0 saturated carbocycles. The van der Waals surface area contributed by atoms with Crippen LogP contribution < -0.4 is 25.0 Å². The summed E-state index contributed by atoms with van der Waals surface area (Å²) in [5.41, 5.74) is 0.482. The first kappa shape index (κ1) is 57.9. The Labute approximate surface area is 481 Å². The van der Waals surface area contributed by atoms with E-state index in [0.29, 0.717) is 62.0 Å². The number of amides is 1. The summed E-state index contributed by atoms with van der Waals surface area (Å²) in [5.74, 6) is -1.58. The summed E-state index contributed by atoms with van der Waals surface area (Å²) in [5, 5.41) is 59.0. The number of phenols is 1. The molecule has 1 amide bonds. The molecule has 8 aromatic rings. The molecule has 0 aliphatic heterocycles. The first-order valence-corrected chi connectivity index (χ1v) is 25.7. The van der Waals surface area contributed by atoms with Crippen molar-refractivity contribution in [1.29, 1.82) is 0 Å². The summed E-state index contributed by atoms with van der Waals surface area (Å²) >= 11 is 12.5. The number of aliphatic imine (C=N–C) groups is 1. The maximum absolute atomic E-state index is 13.4. The molecule has 0 saturated heterocycles. The third kappa shape index (κ3) is 13.3. The van der Waals surface area contributed by atoms with Gasteiger partial charge in [-0.3, -0.25) is 18.9 Å². The summed E-state index contributed by atoms with van der Waals surface area (Å²) < 4.78 is 77.7. The Morgan fingerprint density at radius 1 is 0.613 bits per heavy atom. The SMILES string of the molecule is CCc1c(Cl)ccc(S(=O)(=O)O)c1N=Nc1c(O)c(C(=O)Nc2cccc(OC)c2)cc2ccccc12.CCc1c(Cl)ccc(S(=O)(=O)O)c1N=Nc1c([O-])c(C([O-])=Nc2cccc(OC)c2)cc2ccccc12.[Ba+2]. The van der Waals surface area contributed by atoms with Crippen LogP contribution >= 0.6 is 23.2 Å². The third-order valence-corrected chi connectivity index (χ3v) is 13.7. The fourth-order valence-corrected chi connectivity index (χ4v) is 9.47. The summed E-state index contributed by atoms with van der Waals surface area (Å²) in [4.78, 5) is 16.2. The number of ether oxygens (including phenoxy) is 2. The van der Waals surface area contributed by atoms with Gasteiger partial charge in [0.2, 0.25) is 0 Å². The maximum atomic E-state index is 13.4. The van der Waals surface area contributed by atoms with Gasteiger partial charge in [0.25, 0.3) is 26.1 Å². The van der Waals surface area contributed by atoms with Crippen LogP contribution in [0.4, 0.5) is 34.1 Å². The van der Waals surface area contributed by atoms with Crippen molar-refractivity contribution in [3.05, 3.63) is 166 Å². The van der Waals surface area contributed by atoms with Gasteiger partial charge in [-0.25, -0.2) is 0 Å². The average Bonchev–Trinajstić information content (AvgIpc) is 3.37. The molecule has 8 rings (SSSR count). The molecule has 23 heteroatoms. The van der Waals surface area contributed by atoms with Crippen molar-refractivity contribution in [2.24, 2.45) is 25.4 Å². The molecule has 0 aliphatic rings. The molecule has 75 heavy (non-hydrogen) atoms. The van der Waals surface area contributed by atoms with Crippen LogP contribution in [-0.4, -0.2) is 106 Å². The van der Waals surface area contributed by atoms with E-state index in [-0.39, 0.29) is 99.2 Å². The molecule has 0 heterocycles. The van der Waals surface area contributed by atoms with Crippen molar-refractivity contribution in [3.63, 3.8) is 0 Å². The Kier molecular flexibility index (Phi) is 19.3. The number of phenolic OH excluding ortho intramolecular Hbond substituents is 1. The van der Waals surface area contributed by atoms with Crippen LogP contribution in [0.2, 0.25) is 10.0 Å². The van der Waals surface area contributed by atoms with E-state index in [2.05, 4.69) is 30.8 Å². The van der Waals surface area contributed by atoms with Crippen LogP contribution in [-0.2, 0) is 33.1 Å². The van der Waals surface area contributed by atoms with Gasteiger partial charge < -0.3 is 30.1 Å². The normalized spacial score (nSPS) is 11.9. The van der Waals surface area contributed by atoms with E-state index in [1.54, 1.807) is 111 Å². The van der Waals surface area contributed by atoms with Crippen LogP contribution in [0.3, 0.4) is 0 Å². The second-order valence-corrected chi connectivity index (χ2v) is 19.4. The van der Waals surface area contributed by atoms with E-state index in [9.17, 15) is 46.1 Å². The zero-order chi connectivity index (χ0) is 53.5. The minimum atomic E-state index is -4.67. The molecular weight excluding hydrogens is 1170 g/mol. The molecule has 380 valence electrons. The molecule has 0 aliphatic carbocycles. The molecule has 0 bridgehead atoms. The fraction of sp³-hybridized carbons (Fsp3) is 0.115. The Morgan fingerprint density at radius 3 is 1.60 bits per heavy atom. The number of carbonyl (C=O) groups excluding carboxylic acids is 1. The number of azo groups is 2. The summed E-state index contributed by atoms with van der Waals surface area (Å²) in [6.45, 7) is 3.46. The van der Waals surface area contributed by atoms with Crippen LogP contribution in [0.5, 0.6) is 23.0 Å². The predicted molar refractivity (Wildman–Crippen MR) is 285 cm³/mol. The van der Waals surface area contributed by atoms with Crippen molar-refractivity contribution in [1.82, 2.24) is 0 Å². The van der Waals surface area contributed by atoms with Gasteiger partial charge in [0.15, 0.2) is 5.75 Å². The maximum Gasteiger partial charge on any atom is 2.00 e. The fourth-order valence-electron chi connectivity index (χ4n) is 7.60. The van der Waals surface area contributed by atoms with Gasteiger partial charge in [-0.15, -0.1) is 15.3 Å². The van der Waals surface area contributed by atoms with Crippen molar-refractivity contribution >= 4 is 160 Å². The third-order valence-electron chi connectivity index (χ3n) is 11.2. The molecule has 0 fully saturated rings. The minimum absolute atomic E-state index is 0. The Morgan fingerprint density at radius 2 is 1.08 bits per heavy atom. The molecule has 0 spiro atoms. The topological polar surface area (TPSA) is 284 Å². The van der Waals surface area contributed by atoms with E-state index < -0.39 is 53.3 Å². The monoisotopic (exact) mass is 1210 g/mol. The second-order valence-electron chi connectivity index (χ2n) is 15.8. The Balaban J connectivity index is 0.000000241.